The Bertz CT molecular complexity index is 363. The normalized spacial score (nSPS) is 43.7. The van der Waals surface area contributed by atoms with Gasteiger partial charge in [-0.1, -0.05) is 20.8 Å². The van der Waals surface area contributed by atoms with E-state index < -0.39 is 30.1 Å². The van der Waals surface area contributed by atoms with Crippen LogP contribution in [0.25, 0.3) is 0 Å². The van der Waals surface area contributed by atoms with Crippen molar-refractivity contribution in [2.75, 3.05) is 13.0 Å². The summed E-state index contributed by atoms with van der Waals surface area (Å²) in [6.45, 7) is 4.03. The fourth-order valence-corrected chi connectivity index (χ4v) is 1.28. The monoisotopic (exact) mass is 188 g/mol. The Labute approximate surface area is 88.3 Å². The van der Waals surface area contributed by atoms with Crippen molar-refractivity contribution in [3.05, 3.63) is 0 Å². The fourth-order valence-electron chi connectivity index (χ4n) is 1.28. The lowest BCUT2D eigenvalue weighted by Gasteiger charge is -2.38. The van der Waals surface area contributed by atoms with E-state index in [4.69, 9.17) is 6.85 Å². The van der Waals surface area contributed by atoms with Crippen molar-refractivity contribution in [2.45, 2.75) is 40.5 Å². The number of hydrogen-bond acceptors (Lipinski definition) is 1. The fraction of sp³-hybridized carbons (Fsp3) is 0.909. The first-order chi connectivity index (χ1) is 7.79. The molecule has 1 rings (SSSR count). The molecule has 2 nitrogen and oxygen atoms in total. The topological polar surface area (TPSA) is 20.3 Å². The Morgan fingerprint density at radius 1 is 1.62 bits per heavy atom. The Balaban J connectivity index is 3.33. The summed E-state index contributed by atoms with van der Waals surface area (Å²) in [4.78, 5) is 12.3. The van der Waals surface area contributed by atoms with E-state index in [1.54, 1.807) is 20.8 Å². The van der Waals surface area contributed by atoms with Crippen molar-refractivity contribution in [3.8, 4) is 0 Å². The Morgan fingerprint density at radius 2 is 2.23 bits per heavy atom. The van der Waals surface area contributed by atoms with Gasteiger partial charge in [0.15, 0.2) is 0 Å². The predicted molar refractivity (Wildman–Crippen MR) is 54.4 cm³/mol. The lowest BCUT2D eigenvalue weighted by Crippen LogP contribution is -2.40. The smallest absolute Gasteiger partial charge is 0.219 e. The molecular weight excluding hydrogens is 162 g/mol. The highest BCUT2D eigenvalue weighted by Gasteiger charge is 2.29. The molecule has 0 N–H and O–H groups in total. The third-order valence-corrected chi connectivity index (χ3v) is 2.21. The van der Waals surface area contributed by atoms with Gasteiger partial charge < -0.3 is 4.90 Å². The number of rotatable bonds is 0. The lowest BCUT2D eigenvalue weighted by molar-refractivity contribution is -0.130. The SMILES string of the molecule is [2H]C1([2H])N(C(C)=O)CCC([2H])(C(C)(C)C)C1([2H])[2H]. The molecule has 0 aromatic heterocycles. The highest BCUT2D eigenvalue weighted by Crippen LogP contribution is 2.34. The molecule has 0 aliphatic carbocycles. The summed E-state index contributed by atoms with van der Waals surface area (Å²) in [5.41, 5.74) is -0.716. The molecule has 0 spiro atoms. The minimum atomic E-state index is -2.47. The first kappa shape index (κ1) is 5.38. The summed E-state index contributed by atoms with van der Waals surface area (Å²) in [6.07, 6.45) is -2.30. The predicted octanol–water partition coefficient (Wildman–Crippen LogP) is 2.29. The molecule has 0 aromatic rings. The molecule has 13 heavy (non-hydrogen) atoms. The standard InChI is InChI=1S/C11H21NO/c1-9(13)12-7-5-10(6-8-12)11(2,3)4/h10H,5-8H2,1-4H3/i5D2,7D2,10D. The van der Waals surface area contributed by atoms with Crippen LogP contribution in [0.15, 0.2) is 0 Å². The lowest BCUT2D eigenvalue weighted by atomic mass is 9.75. The van der Waals surface area contributed by atoms with Crippen LogP contribution >= 0.6 is 0 Å². The van der Waals surface area contributed by atoms with Crippen LogP contribution in [0.5, 0.6) is 0 Å². The summed E-state index contributed by atoms with van der Waals surface area (Å²) >= 11 is 0. The summed E-state index contributed by atoms with van der Waals surface area (Å²) in [6, 6.07) is 0. The van der Waals surface area contributed by atoms with Crippen molar-refractivity contribution < 1.29 is 11.6 Å². The highest BCUT2D eigenvalue weighted by molar-refractivity contribution is 5.73. The summed E-state index contributed by atoms with van der Waals surface area (Å²) in [7, 11) is 0. The van der Waals surface area contributed by atoms with Gasteiger partial charge in [0.1, 0.15) is 0 Å². The maximum Gasteiger partial charge on any atom is 0.219 e. The number of piperidine rings is 1. The van der Waals surface area contributed by atoms with Crippen LogP contribution < -0.4 is 0 Å². The highest BCUT2D eigenvalue weighted by atomic mass is 16.2. The van der Waals surface area contributed by atoms with Crippen LogP contribution in [0.2, 0.25) is 0 Å². The minimum Gasteiger partial charge on any atom is -0.343 e. The molecular formula is C11H21NO. The van der Waals surface area contributed by atoms with Gasteiger partial charge in [-0.2, -0.15) is 0 Å². The van der Waals surface area contributed by atoms with Crippen LogP contribution in [-0.4, -0.2) is 23.8 Å². The van der Waals surface area contributed by atoms with E-state index in [1.165, 1.54) is 6.92 Å². The molecule has 1 atom stereocenters. The zero-order valence-electron chi connectivity index (χ0n) is 13.8. The van der Waals surface area contributed by atoms with Gasteiger partial charge in [-0.05, 0) is 24.1 Å². The van der Waals surface area contributed by atoms with Gasteiger partial charge >= 0.3 is 0 Å². The van der Waals surface area contributed by atoms with Gasteiger partial charge in [-0.3, -0.25) is 4.79 Å². The van der Waals surface area contributed by atoms with E-state index >= 15 is 0 Å². The largest absolute Gasteiger partial charge is 0.343 e. The van der Waals surface area contributed by atoms with Gasteiger partial charge in [0, 0.05) is 26.8 Å². The molecule has 1 heterocycles. The number of hydrogen-bond donors (Lipinski definition) is 0. The van der Waals surface area contributed by atoms with E-state index in [2.05, 4.69) is 0 Å². The van der Waals surface area contributed by atoms with Gasteiger partial charge in [0.2, 0.25) is 5.91 Å². The quantitative estimate of drug-likeness (QED) is 0.571. The van der Waals surface area contributed by atoms with Gasteiger partial charge in [-0.25, -0.2) is 0 Å². The van der Waals surface area contributed by atoms with Gasteiger partial charge in [0.25, 0.3) is 0 Å². The van der Waals surface area contributed by atoms with E-state index in [-0.39, 0.29) is 13.0 Å². The number of likely N-dealkylation sites (tertiary alicyclic amines) is 1. The molecule has 1 aliphatic heterocycles. The molecule has 0 aromatic carbocycles. The van der Waals surface area contributed by atoms with E-state index in [0.717, 1.165) is 4.90 Å². The average molecular weight is 188 g/mol. The Kier molecular flexibility index (Phi) is 1.52. The molecule has 0 radical (unpaired) electrons. The second-order valence-corrected chi connectivity index (χ2v) is 4.39. The number of amides is 1. The van der Waals surface area contributed by atoms with Gasteiger partial charge in [0.05, 0.1) is 0 Å². The summed E-state index contributed by atoms with van der Waals surface area (Å²) < 4.78 is 40.4. The van der Waals surface area contributed by atoms with Crippen molar-refractivity contribution >= 4 is 5.91 Å². The summed E-state index contributed by atoms with van der Waals surface area (Å²) in [5, 5.41) is 0. The van der Waals surface area contributed by atoms with E-state index in [1.807, 2.05) is 0 Å². The average Bonchev–Trinajstić information content (AvgIpc) is 2.12. The third-order valence-electron chi connectivity index (χ3n) is 2.21. The van der Waals surface area contributed by atoms with Crippen molar-refractivity contribution in [1.82, 2.24) is 4.90 Å². The van der Waals surface area contributed by atoms with E-state index in [9.17, 15) is 4.79 Å². The van der Waals surface area contributed by atoms with Gasteiger partial charge in [-0.15, -0.1) is 0 Å². The maximum atomic E-state index is 11.4. The van der Waals surface area contributed by atoms with Crippen molar-refractivity contribution in [2.24, 2.45) is 11.3 Å². The van der Waals surface area contributed by atoms with E-state index in [0.29, 0.717) is 0 Å². The molecule has 0 saturated carbocycles. The molecule has 1 amide bonds. The molecule has 1 saturated heterocycles. The number of carbonyl (C=O) groups is 1. The van der Waals surface area contributed by atoms with Crippen LogP contribution in [0.4, 0.5) is 0 Å². The van der Waals surface area contributed by atoms with Crippen molar-refractivity contribution in [1.29, 1.82) is 0 Å². The summed E-state index contributed by atoms with van der Waals surface area (Å²) in [5.74, 6) is -2.07. The van der Waals surface area contributed by atoms with Crippen LogP contribution in [-0.2, 0) is 4.79 Å². The maximum absolute atomic E-state index is 11.4. The minimum absolute atomic E-state index is 0.0720. The van der Waals surface area contributed by atoms with Crippen LogP contribution in [0.1, 0.15) is 47.3 Å². The Morgan fingerprint density at radius 3 is 2.69 bits per heavy atom. The zero-order chi connectivity index (χ0) is 14.6. The second kappa shape index (κ2) is 3.69. The number of nitrogens with zero attached hydrogens (tertiary/aromatic N) is 1. The zero-order valence-corrected chi connectivity index (χ0v) is 8.77. The van der Waals surface area contributed by atoms with Crippen LogP contribution in [0, 0.1) is 11.3 Å². The second-order valence-electron chi connectivity index (χ2n) is 4.39. The third kappa shape index (κ3) is 2.71. The molecule has 1 unspecified atom stereocenters. The first-order valence-corrected chi connectivity index (χ1v) is 4.57. The number of carbonyl (C=O) groups excluding carboxylic acids is 1. The first-order valence-electron chi connectivity index (χ1n) is 7.07. The van der Waals surface area contributed by atoms with Crippen molar-refractivity contribution in [3.63, 3.8) is 0 Å². The van der Waals surface area contributed by atoms with Crippen LogP contribution in [0.3, 0.4) is 0 Å². The Hall–Kier alpha value is -0.530. The molecule has 0 bridgehead atoms. The molecule has 76 valence electrons. The molecule has 2 heteroatoms. The molecule has 1 aliphatic rings. The molecule has 1 fully saturated rings.